The van der Waals surface area contributed by atoms with Gasteiger partial charge < -0.3 is 10.1 Å². The molecule has 3 aromatic rings. The molecule has 2 N–H and O–H groups in total. The topological polar surface area (TPSA) is 84.5 Å². The van der Waals surface area contributed by atoms with Crippen LogP contribution >= 0.6 is 0 Å². The van der Waals surface area contributed by atoms with E-state index in [1.165, 1.54) is 13.2 Å². The van der Waals surface area contributed by atoms with Gasteiger partial charge in [-0.3, -0.25) is 4.79 Å². The first-order valence-electron chi connectivity index (χ1n) is 10.3. The Kier molecular flexibility index (Phi) is 7.33. The molecule has 3 aromatic carbocycles. The maximum absolute atomic E-state index is 13.3. The Balaban J connectivity index is 1.93. The monoisotopic (exact) mass is 452 g/mol. The number of ether oxygens (including phenoxy) is 1. The molecule has 0 heterocycles. The van der Waals surface area contributed by atoms with Gasteiger partial charge in [-0.2, -0.15) is 4.72 Å². The van der Waals surface area contributed by atoms with Gasteiger partial charge in [0.2, 0.25) is 15.9 Å². The molecule has 0 fully saturated rings. The van der Waals surface area contributed by atoms with Gasteiger partial charge in [0.1, 0.15) is 16.7 Å². The standard InChI is InChI=1S/C25H28N2O4S/c1-17-10-11-23(31-4)24(15-17)32(29,30)27-22(16-20-8-6-5-7-9-20)25(28)26-21-13-18(2)12-19(3)14-21/h5-15,22,27H,16H2,1-4H3,(H,26,28)/t22-/m0/s1. The van der Waals surface area contributed by atoms with E-state index in [-0.39, 0.29) is 17.1 Å². The van der Waals surface area contributed by atoms with E-state index in [1.807, 2.05) is 62.4 Å². The van der Waals surface area contributed by atoms with Crippen molar-refractivity contribution < 1.29 is 17.9 Å². The number of rotatable bonds is 8. The van der Waals surface area contributed by atoms with Gasteiger partial charge in [0.25, 0.3) is 0 Å². The number of sulfonamides is 1. The number of hydrogen-bond acceptors (Lipinski definition) is 4. The van der Waals surface area contributed by atoms with E-state index in [1.54, 1.807) is 19.1 Å². The third-order valence-electron chi connectivity index (χ3n) is 4.99. The van der Waals surface area contributed by atoms with E-state index in [4.69, 9.17) is 4.74 Å². The Morgan fingerprint density at radius 1 is 0.906 bits per heavy atom. The molecule has 0 unspecified atom stereocenters. The van der Waals surface area contributed by atoms with Crippen LogP contribution in [-0.4, -0.2) is 27.5 Å². The Morgan fingerprint density at radius 2 is 1.56 bits per heavy atom. The molecule has 32 heavy (non-hydrogen) atoms. The first-order chi connectivity index (χ1) is 15.2. The van der Waals surface area contributed by atoms with Crippen molar-refractivity contribution in [2.45, 2.75) is 38.1 Å². The summed E-state index contributed by atoms with van der Waals surface area (Å²) in [6, 6.07) is 18.9. The first kappa shape index (κ1) is 23.5. The third-order valence-corrected chi connectivity index (χ3v) is 6.49. The zero-order chi connectivity index (χ0) is 23.3. The average Bonchev–Trinajstić information content (AvgIpc) is 2.73. The summed E-state index contributed by atoms with van der Waals surface area (Å²) >= 11 is 0. The van der Waals surface area contributed by atoms with E-state index in [0.717, 1.165) is 22.3 Å². The fraction of sp³-hybridized carbons (Fsp3) is 0.240. The second-order valence-electron chi connectivity index (χ2n) is 7.88. The van der Waals surface area contributed by atoms with Crippen LogP contribution in [0.5, 0.6) is 5.75 Å². The maximum atomic E-state index is 13.3. The normalized spacial score (nSPS) is 12.2. The molecule has 0 aliphatic carbocycles. The number of amides is 1. The Hall–Kier alpha value is -3.16. The van der Waals surface area contributed by atoms with Crippen molar-refractivity contribution in [3.63, 3.8) is 0 Å². The molecule has 168 valence electrons. The summed E-state index contributed by atoms with van der Waals surface area (Å²) < 4.78 is 34.4. The summed E-state index contributed by atoms with van der Waals surface area (Å²) in [4.78, 5) is 13.2. The van der Waals surface area contributed by atoms with E-state index in [2.05, 4.69) is 10.0 Å². The number of carbonyl (C=O) groups is 1. The van der Waals surface area contributed by atoms with E-state index >= 15 is 0 Å². The van der Waals surface area contributed by atoms with Crippen LogP contribution in [0.15, 0.2) is 71.6 Å². The smallest absolute Gasteiger partial charge is 0.245 e. The Labute approximate surface area is 189 Å². The zero-order valence-electron chi connectivity index (χ0n) is 18.7. The molecule has 0 aliphatic rings. The predicted molar refractivity (Wildman–Crippen MR) is 127 cm³/mol. The van der Waals surface area contributed by atoms with Crippen LogP contribution in [-0.2, 0) is 21.2 Å². The SMILES string of the molecule is COc1ccc(C)cc1S(=O)(=O)N[C@@H](Cc1ccccc1)C(=O)Nc1cc(C)cc(C)c1. The van der Waals surface area contributed by atoms with Crippen molar-refractivity contribution in [2.75, 3.05) is 12.4 Å². The Morgan fingerprint density at radius 3 is 2.19 bits per heavy atom. The van der Waals surface area contributed by atoms with Crippen molar-refractivity contribution in [2.24, 2.45) is 0 Å². The van der Waals surface area contributed by atoms with Crippen LogP contribution in [0.3, 0.4) is 0 Å². The number of benzene rings is 3. The Bertz CT molecular complexity index is 1190. The molecule has 0 bridgehead atoms. The number of carbonyl (C=O) groups excluding carboxylic acids is 1. The summed E-state index contributed by atoms with van der Waals surface area (Å²) in [6.45, 7) is 5.68. The second kappa shape index (κ2) is 9.97. The van der Waals surface area contributed by atoms with Gasteiger partial charge in [-0.25, -0.2) is 8.42 Å². The first-order valence-corrected chi connectivity index (χ1v) is 11.8. The summed E-state index contributed by atoms with van der Waals surface area (Å²) in [6.07, 6.45) is 0.199. The molecule has 0 aliphatic heterocycles. The average molecular weight is 453 g/mol. The van der Waals surface area contributed by atoms with Crippen LogP contribution < -0.4 is 14.8 Å². The van der Waals surface area contributed by atoms with Gasteiger partial charge in [-0.1, -0.05) is 42.5 Å². The third kappa shape index (κ3) is 5.96. The highest BCUT2D eigenvalue weighted by Crippen LogP contribution is 2.25. The molecule has 0 saturated heterocycles. The lowest BCUT2D eigenvalue weighted by Gasteiger charge is -2.20. The van der Waals surface area contributed by atoms with Crippen LogP contribution in [0.2, 0.25) is 0 Å². The van der Waals surface area contributed by atoms with Crippen molar-refractivity contribution in [3.05, 3.63) is 89.0 Å². The molecular weight excluding hydrogens is 424 g/mol. The van der Waals surface area contributed by atoms with E-state index in [0.29, 0.717) is 5.69 Å². The molecule has 0 spiro atoms. The van der Waals surface area contributed by atoms with Crippen molar-refractivity contribution in [1.82, 2.24) is 4.72 Å². The van der Waals surface area contributed by atoms with Gasteiger partial charge in [0.15, 0.2) is 0 Å². The van der Waals surface area contributed by atoms with Gasteiger partial charge in [-0.05, 0) is 73.7 Å². The van der Waals surface area contributed by atoms with Crippen molar-refractivity contribution in [3.8, 4) is 5.75 Å². The lowest BCUT2D eigenvalue weighted by Crippen LogP contribution is -2.45. The molecule has 0 radical (unpaired) electrons. The minimum Gasteiger partial charge on any atom is -0.495 e. The fourth-order valence-corrected chi connectivity index (χ4v) is 5.01. The summed E-state index contributed by atoms with van der Waals surface area (Å²) in [5.41, 5.74) is 4.24. The largest absolute Gasteiger partial charge is 0.495 e. The molecule has 0 aromatic heterocycles. The number of anilines is 1. The van der Waals surface area contributed by atoms with Crippen LogP contribution in [0, 0.1) is 20.8 Å². The minimum absolute atomic E-state index is 0.00254. The molecular formula is C25H28N2O4S. The molecule has 1 atom stereocenters. The molecule has 6 nitrogen and oxygen atoms in total. The van der Waals surface area contributed by atoms with Crippen molar-refractivity contribution >= 4 is 21.6 Å². The zero-order valence-corrected chi connectivity index (χ0v) is 19.5. The predicted octanol–water partition coefficient (Wildman–Crippen LogP) is 4.15. The quantitative estimate of drug-likeness (QED) is 0.538. The van der Waals surface area contributed by atoms with E-state index in [9.17, 15) is 13.2 Å². The highest BCUT2D eigenvalue weighted by molar-refractivity contribution is 7.89. The van der Waals surface area contributed by atoms with E-state index < -0.39 is 22.0 Å². The molecule has 0 saturated carbocycles. The van der Waals surface area contributed by atoms with Gasteiger partial charge >= 0.3 is 0 Å². The minimum atomic E-state index is -4.03. The summed E-state index contributed by atoms with van der Waals surface area (Å²) in [5.74, 6) is -0.217. The summed E-state index contributed by atoms with van der Waals surface area (Å²) in [5, 5.41) is 2.86. The number of methoxy groups -OCH3 is 1. The van der Waals surface area contributed by atoms with Crippen LogP contribution in [0.25, 0.3) is 0 Å². The number of nitrogens with one attached hydrogen (secondary N) is 2. The van der Waals surface area contributed by atoms with Gasteiger partial charge in [0, 0.05) is 5.69 Å². The van der Waals surface area contributed by atoms with Crippen LogP contribution in [0.1, 0.15) is 22.3 Å². The maximum Gasteiger partial charge on any atom is 0.245 e. The molecule has 7 heteroatoms. The molecule has 3 rings (SSSR count). The fourth-order valence-electron chi connectivity index (χ4n) is 3.56. The lowest BCUT2D eigenvalue weighted by atomic mass is 10.1. The van der Waals surface area contributed by atoms with Crippen LogP contribution in [0.4, 0.5) is 5.69 Å². The van der Waals surface area contributed by atoms with Gasteiger partial charge in [-0.15, -0.1) is 0 Å². The lowest BCUT2D eigenvalue weighted by molar-refractivity contribution is -0.117. The van der Waals surface area contributed by atoms with Gasteiger partial charge in [0.05, 0.1) is 7.11 Å². The van der Waals surface area contributed by atoms with Crippen molar-refractivity contribution in [1.29, 1.82) is 0 Å². The number of aryl methyl sites for hydroxylation is 3. The number of hydrogen-bond donors (Lipinski definition) is 2. The second-order valence-corrected chi connectivity index (χ2v) is 9.57. The highest BCUT2D eigenvalue weighted by atomic mass is 32.2. The summed E-state index contributed by atoms with van der Waals surface area (Å²) in [7, 11) is -2.62. The molecule has 1 amide bonds. The highest BCUT2D eigenvalue weighted by Gasteiger charge is 2.28.